The monoisotopic (exact) mass is 221 g/mol. The molecule has 0 spiro atoms. The number of benzene rings is 2. The van der Waals surface area contributed by atoms with Gasteiger partial charge in [0.1, 0.15) is 0 Å². The molecule has 2 aromatic rings. The van der Waals surface area contributed by atoms with Gasteiger partial charge in [0, 0.05) is 0 Å². The van der Waals surface area contributed by atoms with Crippen LogP contribution in [-0.4, -0.2) is 0 Å². The second-order valence-electron chi connectivity index (χ2n) is 5.83. The lowest BCUT2D eigenvalue weighted by atomic mass is 9.81. The summed E-state index contributed by atoms with van der Waals surface area (Å²) in [5, 5.41) is 0. The standard InChI is InChI=1S/C17H17/c1-17(2,3)15-10-6-8-13-11-12-7-4-5-9-14(12)16(13)15/h4-7,9-10H,11H2,1-3H3. The van der Waals surface area contributed by atoms with Crippen LogP contribution in [0.15, 0.2) is 36.4 Å². The summed E-state index contributed by atoms with van der Waals surface area (Å²) in [6, 6.07) is 16.4. The molecule has 0 N–H and O–H groups in total. The molecule has 0 amide bonds. The maximum absolute atomic E-state index is 3.41. The maximum atomic E-state index is 3.41. The van der Waals surface area contributed by atoms with E-state index in [9.17, 15) is 0 Å². The second-order valence-corrected chi connectivity index (χ2v) is 5.83. The predicted molar refractivity (Wildman–Crippen MR) is 72.2 cm³/mol. The molecule has 0 heteroatoms. The molecule has 1 aliphatic rings. The minimum absolute atomic E-state index is 0.191. The van der Waals surface area contributed by atoms with Crippen LogP contribution in [0.1, 0.15) is 37.5 Å². The maximum Gasteiger partial charge on any atom is -0.000718 e. The van der Waals surface area contributed by atoms with Gasteiger partial charge in [0.25, 0.3) is 0 Å². The molecule has 85 valence electrons. The van der Waals surface area contributed by atoms with E-state index >= 15 is 0 Å². The first kappa shape index (κ1) is 10.6. The van der Waals surface area contributed by atoms with Crippen LogP contribution < -0.4 is 0 Å². The van der Waals surface area contributed by atoms with Crippen LogP contribution in [0, 0.1) is 6.07 Å². The van der Waals surface area contributed by atoms with Crippen molar-refractivity contribution in [3.63, 3.8) is 0 Å². The van der Waals surface area contributed by atoms with Crippen LogP contribution in [0.5, 0.6) is 0 Å². The third-order valence-corrected chi connectivity index (χ3v) is 3.54. The number of rotatable bonds is 0. The van der Waals surface area contributed by atoms with Crippen molar-refractivity contribution in [2.24, 2.45) is 0 Å². The van der Waals surface area contributed by atoms with E-state index in [0.717, 1.165) is 6.42 Å². The van der Waals surface area contributed by atoms with Gasteiger partial charge >= 0.3 is 0 Å². The van der Waals surface area contributed by atoms with E-state index in [0.29, 0.717) is 0 Å². The Bertz CT molecular complexity index is 571. The fraction of sp³-hybridized carbons (Fsp3) is 0.294. The lowest BCUT2D eigenvalue weighted by molar-refractivity contribution is 0.592. The molecule has 0 fully saturated rings. The minimum atomic E-state index is 0.191. The van der Waals surface area contributed by atoms with Crippen LogP contribution in [-0.2, 0) is 11.8 Å². The zero-order valence-corrected chi connectivity index (χ0v) is 10.7. The number of hydrogen-bond acceptors (Lipinski definition) is 0. The van der Waals surface area contributed by atoms with Crippen molar-refractivity contribution in [1.29, 1.82) is 0 Å². The highest BCUT2D eigenvalue weighted by molar-refractivity contribution is 5.80. The highest BCUT2D eigenvalue weighted by atomic mass is 14.3. The summed E-state index contributed by atoms with van der Waals surface area (Å²) in [7, 11) is 0. The van der Waals surface area contributed by atoms with Crippen molar-refractivity contribution in [2.45, 2.75) is 32.6 Å². The van der Waals surface area contributed by atoms with Gasteiger partial charge < -0.3 is 0 Å². The van der Waals surface area contributed by atoms with Crippen molar-refractivity contribution in [3.05, 3.63) is 59.2 Å². The first-order valence-electron chi connectivity index (χ1n) is 6.20. The SMILES string of the molecule is CC(C)(C)c1cc[c]c2c1-c1ccccc1C2. The highest BCUT2D eigenvalue weighted by Crippen LogP contribution is 2.42. The summed E-state index contributed by atoms with van der Waals surface area (Å²) < 4.78 is 0. The first-order valence-corrected chi connectivity index (χ1v) is 6.20. The van der Waals surface area contributed by atoms with Gasteiger partial charge in [0.05, 0.1) is 0 Å². The van der Waals surface area contributed by atoms with Crippen molar-refractivity contribution < 1.29 is 0 Å². The Morgan fingerprint density at radius 1 is 1.06 bits per heavy atom. The van der Waals surface area contributed by atoms with Crippen molar-refractivity contribution in [3.8, 4) is 11.1 Å². The predicted octanol–water partition coefficient (Wildman–Crippen LogP) is 4.36. The summed E-state index contributed by atoms with van der Waals surface area (Å²) in [4.78, 5) is 0. The van der Waals surface area contributed by atoms with Crippen LogP contribution >= 0.6 is 0 Å². The number of fused-ring (bicyclic) bond motifs is 3. The summed E-state index contributed by atoms with van der Waals surface area (Å²) >= 11 is 0. The average molecular weight is 221 g/mol. The molecule has 0 heterocycles. The Balaban J connectivity index is 2.30. The van der Waals surface area contributed by atoms with Crippen LogP contribution in [0.3, 0.4) is 0 Å². The smallest absolute Gasteiger partial charge is 0.000718 e. The molecule has 0 atom stereocenters. The van der Waals surface area contributed by atoms with Gasteiger partial charge in [0.2, 0.25) is 0 Å². The van der Waals surface area contributed by atoms with Gasteiger partial charge in [-0.3, -0.25) is 0 Å². The van der Waals surface area contributed by atoms with E-state index in [1.807, 2.05) is 0 Å². The highest BCUT2D eigenvalue weighted by Gasteiger charge is 2.26. The molecule has 0 bridgehead atoms. The van der Waals surface area contributed by atoms with Gasteiger partial charge in [0.15, 0.2) is 0 Å². The zero-order valence-electron chi connectivity index (χ0n) is 10.7. The van der Waals surface area contributed by atoms with Crippen molar-refractivity contribution >= 4 is 0 Å². The fourth-order valence-corrected chi connectivity index (χ4v) is 2.72. The third kappa shape index (κ3) is 1.59. The quantitative estimate of drug-likeness (QED) is 0.529. The molecule has 17 heavy (non-hydrogen) atoms. The van der Waals surface area contributed by atoms with Gasteiger partial charge in [-0.25, -0.2) is 0 Å². The Kier molecular flexibility index (Phi) is 2.16. The lowest BCUT2D eigenvalue weighted by Crippen LogP contribution is -2.12. The first-order chi connectivity index (χ1) is 8.07. The van der Waals surface area contributed by atoms with Crippen LogP contribution in [0.2, 0.25) is 0 Å². The molecular weight excluding hydrogens is 204 g/mol. The third-order valence-electron chi connectivity index (χ3n) is 3.54. The molecule has 0 unspecified atom stereocenters. The van der Waals surface area contributed by atoms with Crippen molar-refractivity contribution in [2.75, 3.05) is 0 Å². The van der Waals surface area contributed by atoms with Gasteiger partial charge in [-0.05, 0) is 45.7 Å². The lowest BCUT2D eigenvalue weighted by Gasteiger charge is -2.23. The summed E-state index contributed by atoms with van der Waals surface area (Å²) in [6.45, 7) is 6.84. The zero-order chi connectivity index (χ0) is 12.0. The van der Waals surface area contributed by atoms with Gasteiger partial charge in [-0.1, -0.05) is 57.2 Å². The Morgan fingerprint density at radius 3 is 2.59 bits per heavy atom. The largest absolute Gasteiger partial charge is 0.0619 e. The summed E-state index contributed by atoms with van der Waals surface area (Å²) in [5.41, 5.74) is 7.27. The van der Waals surface area contributed by atoms with E-state index in [1.54, 1.807) is 0 Å². The number of hydrogen-bond donors (Lipinski definition) is 0. The molecule has 1 radical (unpaired) electrons. The topological polar surface area (TPSA) is 0 Å². The summed E-state index contributed by atoms with van der Waals surface area (Å²) in [6.07, 6.45) is 1.04. The van der Waals surface area contributed by atoms with E-state index in [1.165, 1.54) is 27.8 Å². The van der Waals surface area contributed by atoms with Crippen LogP contribution in [0.25, 0.3) is 11.1 Å². The molecule has 3 rings (SSSR count). The minimum Gasteiger partial charge on any atom is -0.0619 e. The second kappa shape index (κ2) is 3.46. The Morgan fingerprint density at radius 2 is 1.82 bits per heavy atom. The summed E-state index contributed by atoms with van der Waals surface area (Å²) in [5.74, 6) is 0. The Labute approximate surface area is 103 Å². The van der Waals surface area contributed by atoms with E-state index in [2.05, 4.69) is 63.2 Å². The molecule has 0 saturated heterocycles. The molecule has 2 aromatic carbocycles. The molecule has 0 nitrogen and oxygen atoms in total. The molecule has 1 aliphatic carbocycles. The molecular formula is C17H17. The van der Waals surface area contributed by atoms with Crippen molar-refractivity contribution in [1.82, 2.24) is 0 Å². The normalized spacial score (nSPS) is 13.4. The fourth-order valence-electron chi connectivity index (χ4n) is 2.72. The van der Waals surface area contributed by atoms with E-state index < -0.39 is 0 Å². The average Bonchev–Trinajstić information content (AvgIpc) is 2.65. The van der Waals surface area contributed by atoms with E-state index in [-0.39, 0.29) is 5.41 Å². The molecule has 0 saturated carbocycles. The molecule has 0 aliphatic heterocycles. The van der Waals surface area contributed by atoms with Gasteiger partial charge in [-0.15, -0.1) is 0 Å². The van der Waals surface area contributed by atoms with Gasteiger partial charge in [-0.2, -0.15) is 0 Å². The van der Waals surface area contributed by atoms with E-state index in [4.69, 9.17) is 0 Å². The molecule has 0 aromatic heterocycles. The van der Waals surface area contributed by atoms with Crippen LogP contribution in [0.4, 0.5) is 0 Å². The Hall–Kier alpha value is -1.56.